The van der Waals surface area contributed by atoms with Crippen molar-refractivity contribution in [2.75, 3.05) is 27.2 Å². The molecule has 0 unspecified atom stereocenters. The first-order valence-corrected chi connectivity index (χ1v) is 10.5. The summed E-state index contributed by atoms with van der Waals surface area (Å²) in [5.74, 6) is 2.27. The molecule has 0 bridgehead atoms. The summed E-state index contributed by atoms with van der Waals surface area (Å²) in [5.41, 5.74) is 0.985. The first-order chi connectivity index (χ1) is 14.2. The average molecular weight is 540 g/mol. The maximum Gasteiger partial charge on any atom is 0.308 e. The number of nitrogens with one attached hydrogen (secondary N) is 1. The number of carbonyl (C=O) groups excluding carboxylic acids is 1. The van der Waals surface area contributed by atoms with Gasteiger partial charge in [0.2, 0.25) is 0 Å². The smallest absolute Gasteiger partial charge is 0.308 e. The molecule has 3 aromatic rings. The van der Waals surface area contributed by atoms with Crippen LogP contribution >= 0.6 is 35.3 Å². The first-order valence-electron chi connectivity index (χ1n) is 9.66. The van der Waals surface area contributed by atoms with Gasteiger partial charge in [-0.3, -0.25) is 9.79 Å². The number of likely N-dealkylation sites (tertiary alicyclic amines) is 1. The van der Waals surface area contributed by atoms with Gasteiger partial charge in [0.15, 0.2) is 16.7 Å². The Labute approximate surface area is 196 Å². The van der Waals surface area contributed by atoms with Crippen LogP contribution < -0.4 is 5.32 Å². The van der Waals surface area contributed by atoms with E-state index in [1.165, 1.54) is 7.11 Å². The van der Waals surface area contributed by atoms with E-state index < -0.39 is 0 Å². The van der Waals surface area contributed by atoms with Gasteiger partial charge in [-0.1, -0.05) is 12.1 Å². The number of hydrogen-bond donors (Lipinski definition) is 1. The van der Waals surface area contributed by atoms with E-state index >= 15 is 0 Å². The van der Waals surface area contributed by atoms with Crippen molar-refractivity contribution in [1.82, 2.24) is 15.2 Å². The van der Waals surface area contributed by atoms with Gasteiger partial charge in [0.1, 0.15) is 5.76 Å². The van der Waals surface area contributed by atoms with Crippen molar-refractivity contribution in [3.63, 3.8) is 0 Å². The Morgan fingerprint density at radius 3 is 2.77 bits per heavy atom. The molecule has 0 spiro atoms. The minimum Gasteiger partial charge on any atom is -0.469 e. The topological polar surface area (TPSA) is 80.0 Å². The maximum absolute atomic E-state index is 11.7. The number of guanidine groups is 1. The number of piperidine rings is 1. The first kappa shape index (κ1) is 22.5. The number of aliphatic imine (C=N–C) groups is 1. The van der Waals surface area contributed by atoms with Crippen molar-refractivity contribution >= 4 is 57.5 Å². The molecule has 0 amide bonds. The van der Waals surface area contributed by atoms with Crippen LogP contribution in [0.2, 0.25) is 0 Å². The van der Waals surface area contributed by atoms with Crippen LogP contribution in [-0.4, -0.2) is 49.1 Å². The lowest BCUT2D eigenvalue weighted by Gasteiger charge is -2.33. The lowest BCUT2D eigenvalue weighted by Crippen LogP contribution is -2.46. The second-order valence-electron chi connectivity index (χ2n) is 6.94. The number of benzene rings is 1. The zero-order valence-electron chi connectivity index (χ0n) is 17.0. The summed E-state index contributed by atoms with van der Waals surface area (Å²) in [6.45, 7) is 2.08. The third-order valence-corrected chi connectivity index (χ3v) is 6.18. The van der Waals surface area contributed by atoms with Crippen molar-refractivity contribution in [3.8, 4) is 10.8 Å². The minimum atomic E-state index is -0.120. The largest absolute Gasteiger partial charge is 0.469 e. The van der Waals surface area contributed by atoms with Crippen molar-refractivity contribution < 1.29 is 13.9 Å². The summed E-state index contributed by atoms with van der Waals surface area (Å²) in [6.07, 6.45) is 1.55. The number of methoxy groups -OCH3 is 1. The van der Waals surface area contributed by atoms with Crippen LogP contribution in [0.1, 0.15) is 18.6 Å². The molecule has 3 heterocycles. The molecular weight excluding hydrogens is 515 g/mol. The van der Waals surface area contributed by atoms with Gasteiger partial charge in [-0.2, -0.15) is 0 Å². The number of furan rings is 1. The number of aromatic nitrogens is 1. The number of carbonyl (C=O) groups is 1. The van der Waals surface area contributed by atoms with Gasteiger partial charge >= 0.3 is 5.97 Å². The maximum atomic E-state index is 11.7. The van der Waals surface area contributed by atoms with Crippen LogP contribution in [0.4, 0.5) is 0 Å². The summed E-state index contributed by atoms with van der Waals surface area (Å²) < 4.78 is 12.0. The normalized spacial score (nSPS) is 15.1. The van der Waals surface area contributed by atoms with Crippen LogP contribution in [0.15, 0.2) is 45.8 Å². The molecule has 1 aromatic carbocycles. The third kappa shape index (κ3) is 4.94. The predicted molar refractivity (Wildman–Crippen MR) is 129 cm³/mol. The van der Waals surface area contributed by atoms with Crippen LogP contribution in [0.25, 0.3) is 21.0 Å². The Kier molecular flexibility index (Phi) is 7.70. The predicted octanol–water partition coefficient (Wildman–Crippen LogP) is 4.13. The Morgan fingerprint density at radius 1 is 1.30 bits per heavy atom. The molecule has 160 valence electrons. The van der Waals surface area contributed by atoms with E-state index in [0.29, 0.717) is 6.54 Å². The lowest BCUT2D eigenvalue weighted by molar-refractivity contribution is -0.146. The summed E-state index contributed by atoms with van der Waals surface area (Å²) in [4.78, 5) is 22.9. The van der Waals surface area contributed by atoms with E-state index in [0.717, 1.165) is 58.6 Å². The summed E-state index contributed by atoms with van der Waals surface area (Å²) in [7, 11) is 3.21. The Bertz CT molecular complexity index is 991. The Balaban J connectivity index is 0.00000256. The van der Waals surface area contributed by atoms with Gasteiger partial charge in [0.05, 0.1) is 29.8 Å². The summed E-state index contributed by atoms with van der Waals surface area (Å²) in [5, 5.41) is 4.24. The number of rotatable bonds is 4. The molecule has 0 radical (unpaired) electrons. The molecule has 1 saturated heterocycles. The zero-order chi connectivity index (χ0) is 20.2. The van der Waals surface area contributed by atoms with Crippen LogP contribution in [0.3, 0.4) is 0 Å². The standard InChI is InChI=1S/C21H24N4O3S.HI/c1-22-21(25-11-9-14(10-12-25)20(26)27-2)23-13-15-7-8-17(28-15)19-24-16-5-3-4-6-18(16)29-19;/h3-8,14H,9-13H2,1-2H3,(H,22,23);1H. The summed E-state index contributed by atoms with van der Waals surface area (Å²) >= 11 is 1.62. The van der Waals surface area contributed by atoms with Gasteiger partial charge < -0.3 is 19.4 Å². The Hall–Kier alpha value is -2.14. The highest BCUT2D eigenvalue weighted by atomic mass is 127. The Morgan fingerprint density at radius 2 is 2.07 bits per heavy atom. The molecule has 7 nitrogen and oxygen atoms in total. The molecule has 0 atom stereocenters. The van der Waals surface area contributed by atoms with E-state index in [4.69, 9.17) is 9.15 Å². The second kappa shape index (κ2) is 10.3. The molecule has 30 heavy (non-hydrogen) atoms. The SMILES string of the molecule is CN=C(NCc1ccc(-c2nc3ccccc3s2)o1)N1CCC(C(=O)OC)CC1.I. The highest BCUT2D eigenvalue weighted by Gasteiger charge is 2.27. The molecule has 1 aliphatic rings. The number of hydrogen-bond acceptors (Lipinski definition) is 6. The molecule has 0 saturated carbocycles. The van der Waals surface area contributed by atoms with Gasteiger partial charge in [-0.25, -0.2) is 4.98 Å². The van der Waals surface area contributed by atoms with Crippen LogP contribution in [-0.2, 0) is 16.1 Å². The number of esters is 1. The molecule has 1 N–H and O–H groups in total. The molecule has 2 aromatic heterocycles. The number of para-hydroxylation sites is 1. The summed E-state index contributed by atoms with van der Waals surface area (Å²) in [6, 6.07) is 12.0. The molecule has 4 rings (SSSR count). The van der Waals surface area contributed by atoms with E-state index in [9.17, 15) is 4.79 Å². The van der Waals surface area contributed by atoms with Gasteiger partial charge in [-0.15, -0.1) is 35.3 Å². The van der Waals surface area contributed by atoms with Crippen LogP contribution in [0, 0.1) is 5.92 Å². The third-order valence-electron chi connectivity index (χ3n) is 5.13. The lowest BCUT2D eigenvalue weighted by atomic mass is 9.97. The molecule has 1 aliphatic heterocycles. The highest BCUT2D eigenvalue weighted by molar-refractivity contribution is 14.0. The van der Waals surface area contributed by atoms with E-state index in [1.54, 1.807) is 18.4 Å². The molecule has 0 aliphatic carbocycles. The fourth-order valence-corrected chi connectivity index (χ4v) is 4.49. The molecule has 1 fully saturated rings. The number of ether oxygens (including phenoxy) is 1. The number of nitrogens with zero attached hydrogens (tertiary/aromatic N) is 3. The van der Waals surface area contributed by atoms with Crippen molar-refractivity contribution in [1.29, 1.82) is 0 Å². The van der Waals surface area contributed by atoms with Gasteiger partial charge in [-0.05, 0) is 37.1 Å². The van der Waals surface area contributed by atoms with Gasteiger partial charge in [0, 0.05) is 20.1 Å². The van der Waals surface area contributed by atoms with Crippen molar-refractivity contribution in [2.24, 2.45) is 10.9 Å². The molecule has 9 heteroatoms. The fourth-order valence-electron chi connectivity index (χ4n) is 3.56. The van der Waals surface area contributed by atoms with Crippen molar-refractivity contribution in [3.05, 3.63) is 42.2 Å². The number of thiazole rings is 1. The van der Waals surface area contributed by atoms with Gasteiger partial charge in [0.25, 0.3) is 0 Å². The number of halogens is 1. The second-order valence-corrected chi connectivity index (χ2v) is 7.97. The fraction of sp³-hybridized carbons (Fsp3) is 0.381. The quantitative estimate of drug-likeness (QED) is 0.232. The van der Waals surface area contributed by atoms with Crippen molar-refractivity contribution in [2.45, 2.75) is 19.4 Å². The minimum absolute atomic E-state index is 0. The molecular formula is C21H25IN4O3S. The monoisotopic (exact) mass is 540 g/mol. The van der Waals surface area contributed by atoms with E-state index in [2.05, 4.69) is 26.3 Å². The average Bonchev–Trinajstić information content (AvgIpc) is 3.41. The zero-order valence-corrected chi connectivity index (χ0v) is 20.1. The van der Waals surface area contributed by atoms with E-state index in [-0.39, 0.29) is 35.9 Å². The van der Waals surface area contributed by atoms with Crippen LogP contribution in [0.5, 0.6) is 0 Å². The number of fused-ring (bicyclic) bond motifs is 1. The highest BCUT2D eigenvalue weighted by Crippen LogP contribution is 2.31. The van der Waals surface area contributed by atoms with E-state index in [1.807, 2.05) is 30.3 Å².